The monoisotopic (exact) mass is 489 g/mol. The minimum atomic E-state index is -0.290. The molecule has 1 fully saturated rings. The highest BCUT2D eigenvalue weighted by atomic mass is 35.5. The Balaban J connectivity index is 1.52. The summed E-state index contributed by atoms with van der Waals surface area (Å²) in [5.41, 5.74) is 0.429. The number of anilines is 1. The molecule has 0 aromatic heterocycles. The molecule has 0 bridgehead atoms. The lowest BCUT2D eigenvalue weighted by molar-refractivity contribution is -0.137. The third kappa shape index (κ3) is 6.83. The van der Waals surface area contributed by atoms with Gasteiger partial charge in [0.15, 0.2) is 17.2 Å². The zero-order valence-corrected chi connectivity index (χ0v) is 19.6. The van der Waals surface area contributed by atoms with Crippen molar-refractivity contribution < 1.29 is 28.5 Å². The summed E-state index contributed by atoms with van der Waals surface area (Å²) in [5, 5.41) is 3.32. The van der Waals surface area contributed by atoms with E-state index >= 15 is 0 Å². The second-order valence-corrected chi connectivity index (χ2v) is 8.34. The molecular formula is C24H28ClN3O6. The maximum absolute atomic E-state index is 12.9. The van der Waals surface area contributed by atoms with E-state index in [1.54, 1.807) is 40.1 Å². The van der Waals surface area contributed by atoms with Crippen molar-refractivity contribution in [1.29, 1.82) is 0 Å². The van der Waals surface area contributed by atoms with Gasteiger partial charge in [-0.25, -0.2) is 0 Å². The molecule has 1 N–H and O–H groups in total. The van der Waals surface area contributed by atoms with Gasteiger partial charge in [0.1, 0.15) is 6.61 Å². The average Bonchev–Trinajstić information content (AvgIpc) is 2.84. The molecule has 9 nitrogen and oxygen atoms in total. The number of para-hydroxylation sites is 2. The van der Waals surface area contributed by atoms with Gasteiger partial charge in [0.25, 0.3) is 0 Å². The number of nitrogens with zero attached hydrogens (tertiary/aromatic N) is 2. The van der Waals surface area contributed by atoms with Crippen LogP contribution in [0.4, 0.5) is 5.69 Å². The molecule has 0 spiro atoms. The van der Waals surface area contributed by atoms with Gasteiger partial charge in [-0.1, -0.05) is 23.7 Å². The molecule has 0 atom stereocenters. The first-order valence-corrected chi connectivity index (χ1v) is 11.6. The number of nitrogens with one attached hydrogen (secondary N) is 1. The molecular weight excluding hydrogens is 462 g/mol. The maximum Gasteiger partial charge on any atom is 0.238 e. The Hall–Kier alpha value is -2.85. The Bertz CT molecular complexity index is 998. The van der Waals surface area contributed by atoms with E-state index in [9.17, 15) is 9.59 Å². The van der Waals surface area contributed by atoms with E-state index in [0.29, 0.717) is 80.6 Å². The average molecular weight is 490 g/mol. The van der Waals surface area contributed by atoms with Crippen LogP contribution in [0.5, 0.6) is 17.2 Å². The molecule has 34 heavy (non-hydrogen) atoms. The zero-order valence-electron chi connectivity index (χ0n) is 18.8. The van der Waals surface area contributed by atoms with Crippen molar-refractivity contribution in [2.24, 2.45) is 0 Å². The second kappa shape index (κ2) is 12.0. The summed E-state index contributed by atoms with van der Waals surface area (Å²) in [5.74, 6) is 1.16. The molecule has 1 saturated heterocycles. The van der Waals surface area contributed by atoms with Crippen LogP contribution in [0.2, 0.25) is 5.02 Å². The predicted octanol–water partition coefficient (Wildman–Crippen LogP) is 2.64. The number of halogens is 1. The summed E-state index contributed by atoms with van der Waals surface area (Å²) in [6, 6.07) is 12.3. The molecule has 2 aromatic carbocycles. The zero-order chi connectivity index (χ0) is 23.8. The van der Waals surface area contributed by atoms with Crippen LogP contribution >= 0.6 is 11.6 Å². The predicted molar refractivity (Wildman–Crippen MR) is 127 cm³/mol. The Morgan fingerprint density at radius 3 is 2.47 bits per heavy atom. The summed E-state index contributed by atoms with van der Waals surface area (Å²) in [7, 11) is 0. The van der Waals surface area contributed by atoms with E-state index in [1.165, 1.54) is 0 Å². The van der Waals surface area contributed by atoms with Gasteiger partial charge in [-0.2, -0.15) is 0 Å². The fraction of sp³-hybridized carbons (Fsp3) is 0.417. The first-order valence-electron chi connectivity index (χ1n) is 11.2. The third-order valence-electron chi connectivity index (χ3n) is 5.41. The van der Waals surface area contributed by atoms with E-state index in [4.69, 9.17) is 30.5 Å². The fourth-order valence-electron chi connectivity index (χ4n) is 3.68. The van der Waals surface area contributed by atoms with Crippen LogP contribution in [0.3, 0.4) is 0 Å². The molecule has 2 amide bonds. The molecule has 2 aliphatic heterocycles. The summed E-state index contributed by atoms with van der Waals surface area (Å²) < 4.78 is 22.9. The molecule has 2 aliphatic rings. The van der Waals surface area contributed by atoms with Crippen LogP contribution in [0.25, 0.3) is 0 Å². The van der Waals surface area contributed by atoms with Gasteiger partial charge >= 0.3 is 0 Å². The van der Waals surface area contributed by atoms with E-state index in [1.807, 2.05) is 12.1 Å². The molecule has 0 unspecified atom stereocenters. The number of carbonyl (C=O) groups is 2. The minimum absolute atomic E-state index is 0.0124. The second-order valence-electron chi connectivity index (χ2n) is 7.90. The topological polar surface area (TPSA) is 89.6 Å². The third-order valence-corrected chi connectivity index (χ3v) is 5.65. The molecule has 182 valence electrons. The van der Waals surface area contributed by atoms with Crippen LogP contribution in [0.15, 0.2) is 42.5 Å². The first kappa shape index (κ1) is 24.3. The van der Waals surface area contributed by atoms with Crippen molar-refractivity contribution >= 4 is 29.1 Å². The molecule has 4 rings (SSSR count). The first-order chi connectivity index (χ1) is 16.6. The summed E-state index contributed by atoms with van der Waals surface area (Å²) in [6.07, 6.45) is 0. The van der Waals surface area contributed by atoms with Crippen LogP contribution < -0.4 is 14.8 Å². The number of rotatable bonds is 2. The molecule has 0 saturated carbocycles. The lowest BCUT2D eigenvalue weighted by atomic mass is 10.2. The van der Waals surface area contributed by atoms with E-state index < -0.39 is 0 Å². The van der Waals surface area contributed by atoms with Gasteiger partial charge in [0.2, 0.25) is 11.8 Å². The van der Waals surface area contributed by atoms with Gasteiger partial charge < -0.3 is 29.2 Å². The Labute approximate surface area is 203 Å². The number of morpholine rings is 1. The number of fused-ring (bicyclic) bond motifs is 2. The van der Waals surface area contributed by atoms with Crippen molar-refractivity contribution in [3.05, 3.63) is 47.5 Å². The lowest BCUT2D eigenvalue weighted by Gasteiger charge is -2.29. The number of amides is 2. The maximum atomic E-state index is 12.9. The van der Waals surface area contributed by atoms with Crippen molar-refractivity contribution in [2.45, 2.75) is 0 Å². The fourth-order valence-corrected chi connectivity index (χ4v) is 3.85. The van der Waals surface area contributed by atoms with Gasteiger partial charge in [0, 0.05) is 24.7 Å². The normalized spacial score (nSPS) is 18.3. The van der Waals surface area contributed by atoms with Crippen LogP contribution in [0, 0.1) is 0 Å². The largest absolute Gasteiger partial charge is 0.487 e. The number of benzene rings is 2. The van der Waals surface area contributed by atoms with Gasteiger partial charge in [-0.3, -0.25) is 14.5 Å². The molecule has 2 heterocycles. The number of carbonyl (C=O) groups excluding carboxylic acids is 2. The van der Waals surface area contributed by atoms with Crippen molar-refractivity contribution in [2.75, 3.05) is 71.1 Å². The Morgan fingerprint density at radius 2 is 1.65 bits per heavy atom. The minimum Gasteiger partial charge on any atom is -0.487 e. The highest BCUT2D eigenvalue weighted by molar-refractivity contribution is 6.31. The van der Waals surface area contributed by atoms with Crippen molar-refractivity contribution in [3.8, 4) is 17.2 Å². The van der Waals surface area contributed by atoms with Crippen LogP contribution in [-0.2, 0) is 19.1 Å². The molecule has 10 heteroatoms. The van der Waals surface area contributed by atoms with E-state index in [2.05, 4.69) is 5.32 Å². The Kier molecular flexibility index (Phi) is 8.59. The highest BCUT2D eigenvalue weighted by Gasteiger charge is 2.22. The SMILES string of the molecule is O=C1CN(CC(=O)N2CCOCC2)CCOCCOc2ccccc2Oc2ccc(Cl)cc2N1. The summed E-state index contributed by atoms with van der Waals surface area (Å²) in [4.78, 5) is 29.2. The lowest BCUT2D eigenvalue weighted by Crippen LogP contribution is -2.47. The van der Waals surface area contributed by atoms with Crippen molar-refractivity contribution in [1.82, 2.24) is 9.80 Å². The Morgan fingerprint density at radius 1 is 0.912 bits per heavy atom. The number of hydrogen-bond acceptors (Lipinski definition) is 7. The van der Waals surface area contributed by atoms with Gasteiger partial charge in [-0.15, -0.1) is 0 Å². The highest BCUT2D eigenvalue weighted by Crippen LogP contribution is 2.36. The van der Waals surface area contributed by atoms with Gasteiger partial charge in [0.05, 0.1) is 45.2 Å². The van der Waals surface area contributed by atoms with Crippen LogP contribution in [0.1, 0.15) is 0 Å². The molecule has 2 aromatic rings. The van der Waals surface area contributed by atoms with Gasteiger partial charge in [-0.05, 0) is 30.3 Å². The quantitative estimate of drug-likeness (QED) is 0.693. The molecule has 0 radical (unpaired) electrons. The summed E-state index contributed by atoms with van der Waals surface area (Å²) in [6.45, 7) is 3.73. The van der Waals surface area contributed by atoms with Crippen molar-refractivity contribution in [3.63, 3.8) is 0 Å². The van der Waals surface area contributed by atoms with Crippen LogP contribution in [-0.4, -0.2) is 87.4 Å². The number of ether oxygens (including phenoxy) is 4. The molecule has 0 aliphatic carbocycles. The van der Waals surface area contributed by atoms with E-state index in [0.717, 1.165) is 0 Å². The number of hydrogen-bond donors (Lipinski definition) is 1. The standard InChI is InChI=1S/C24H28ClN3O6/c25-18-5-6-20-19(15-18)26-23(29)16-27(17-24(30)28-8-11-31-12-9-28)7-10-32-13-14-33-21-3-1-2-4-22(21)34-20/h1-6,15H,7-14,16-17H2,(H,26,29). The summed E-state index contributed by atoms with van der Waals surface area (Å²) >= 11 is 6.18. The smallest absolute Gasteiger partial charge is 0.238 e. The van der Waals surface area contributed by atoms with E-state index in [-0.39, 0.29) is 24.9 Å².